The highest BCUT2D eigenvalue weighted by Crippen LogP contribution is 2.27. The second-order valence-corrected chi connectivity index (χ2v) is 11.2. The SMILES string of the molecule is Cn1c(SCC(=O)O[C@H]2CCS(=O)(=O)C2)nnc1-c1ccc(C(C)(C)C)cc1. The molecule has 1 atom stereocenters. The van der Waals surface area contributed by atoms with Crippen LogP contribution in [-0.2, 0) is 31.8 Å². The molecule has 1 fully saturated rings. The smallest absolute Gasteiger partial charge is 0.316 e. The zero-order chi connectivity index (χ0) is 20.5. The van der Waals surface area contributed by atoms with Crippen LogP contribution in [0.4, 0.5) is 0 Å². The van der Waals surface area contributed by atoms with Crippen LogP contribution in [-0.4, -0.2) is 52.5 Å². The van der Waals surface area contributed by atoms with Crippen molar-refractivity contribution in [3.63, 3.8) is 0 Å². The van der Waals surface area contributed by atoms with Crippen LogP contribution in [0.3, 0.4) is 0 Å². The molecule has 9 heteroatoms. The quantitative estimate of drug-likeness (QED) is 0.539. The maximum atomic E-state index is 12.0. The lowest BCUT2D eigenvalue weighted by atomic mass is 9.87. The molecule has 0 saturated carbocycles. The van der Waals surface area contributed by atoms with Crippen LogP contribution < -0.4 is 0 Å². The number of rotatable bonds is 5. The van der Waals surface area contributed by atoms with Crippen molar-refractivity contribution in [1.29, 1.82) is 0 Å². The van der Waals surface area contributed by atoms with E-state index in [1.54, 1.807) is 0 Å². The van der Waals surface area contributed by atoms with Gasteiger partial charge in [0.15, 0.2) is 20.8 Å². The van der Waals surface area contributed by atoms with Crippen LogP contribution >= 0.6 is 11.8 Å². The van der Waals surface area contributed by atoms with Crippen LogP contribution in [0, 0.1) is 0 Å². The van der Waals surface area contributed by atoms with Crippen molar-refractivity contribution >= 4 is 27.6 Å². The highest BCUT2D eigenvalue weighted by atomic mass is 32.2. The summed E-state index contributed by atoms with van der Waals surface area (Å²) in [5.74, 6) is 0.344. The molecule has 28 heavy (non-hydrogen) atoms. The Morgan fingerprint density at radius 1 is 1.25 bits per heavy atom. The minimum atomic E-state index is -3.07. The Balaban J connectivity index is 1.61. The molecule has 1 aromatic heterocycles. The van der Waals surface area contributed by atoms with Crippen molar-refractivity contribution in [2.24, 2.45) is 7.05 Å². The highest BCUT2D eigenvalue weighted by molar-refractivity contribution is 7.99. The fraction of sp³-hybridized carbons (Fsp3) is 0.526. The Hall–Kier alpha value is -1.87. The summed E-state index contributed by atoms with van der Waals surface area (Å²) in [7, 11) is -1.21. The molecule has 0 N–H and O–H groups in total. The zero-order valence-electron chi connectivity index (χ0n) is 16.5. The van der Waals surface area contributed by atoms with E-state index in [1.807, 2.05) is 23.7 Å². The minimum absolute atomic E-state index is 0.0610. The van der Waals surface area contributed by atoms with Crippen molar-refractivity contribution in [2.45, 2.75) is 43.9 Å². The Bertz CT molecular complexity index is 960. The van der Waals surface area contributed by atoms with E-state index in [1.165, 1.54) is 17.3 Å². The molecule has 0 bridgehead atoms. The molecule has 3 rings (SSSR count). The standard InChI is InChI=1S/C19H25N3O4S2/c1-19(2,3)14-7-5-13(6-8-14)17-20-21-18(22(17)4)27-11-16(23)26-15-9-10-28(24,25)12-15/h5-8,15H,9-12H2,1-4H3/t15-/m0/s1. The van der Waals surface area contributed by atoms with Crippen molar-refractivity contribution in [2.75, 3.05) is 17.3 Å². The van der Waals surface area contributed by atoms with Crippen molar-refractivity contribution in [3.05, 3.63) is 29.8 Å². The third-order valence-corrected chi connectivity index (χ3v) is 7.38. The van der Waals surface area contributed by atoms with Crippen LogP contribution in [0.15, 0.2) is 29.4 Å². The number of esters is 1. The number of benzene rings is 1. The summed E-state index contributed by atoms with van der Waals surface area (Å²) in [5, 5.41) is 9.00. The van der Waals surface area contributed by atoms with E-state index in [-0.39, 0.29) is 22.7 Å². The van der Waals surface area contributed by atoms with Crippen molar-refractivity contribution in [3.8, 4) is 11.4 Å². The van der Waals surface area contributed by atoms with E-state index in [0.717, 1.165) is 11.4 Å². The summed E-state index contributed by atoms with van der Waals surface area (Å²) >= 11 is 1.23. The Labute approximate surface area is 169 Å². The summed E-state index contributed by atoms with van der Waals surface area (Å²) in [6, 6.07) is 8.22. The van der Waals surface area contributed by atoms with Gasteiger partial charge in [0.25, 0.3) is 0 Å². The van der Waals surface area contributed by atoms with Gasteiger partial charge in [-0.25, -0.2) is 8.42 Å². The van der Waals surface area contributed by atoms with Gasteiger partial charge in [0.05, 0.1) is 17.3 Å². The predicted molar refractivity (Wildman–Crippen MR) is 109 cm³/mol. The molecule has 0 unspecified atom stereocenters. The average molecular weight is 424 g/mol. The Kier molecular flexibility index (Phi) is 5.86. The lowest BCUT2D eigenvalue weighted by molar-refractivity contribution is -0.144. The van der Waals surface area contributed by atoms with E-state index < -0.39 is 21.9 Å². The molecule has 0 spiro atoms. The normalized spacial score (nSPS) is 18.9. The first kappa shape index (κ1) is 20.9. The van der Waals surface area contributed by atoms with E-state index in [9.17, 15) is 13.2 Å². The lowest BCUT2D eigenvalue weighted by Gasteiger charge is -2.19. The fourth-order valence-corrected chi connectivity index (χ4v) is 5.29. The van der Waals surface area contributed by atoms with Gasteiger partial charge < -0.3 is 9.30 Å². The zero-order valence-corrected chi connectivity index (χ0v) is 18.1. The topological polar surface area (TPSA) is 91.2 Å². The van der Waals surface area contributed by atoms with Crippen LogP contribution in [0.25, 0.3) is 11.4 Å². The number of hydrogen-bond acceptors (Lipinski definition) is 7. The van der Waals surface area contributed by atoms with E-state index >= 15 is 0 Å². The number of sulfone groups is 1. The molecule has 1 saturated heterocycles. The monoisotopic (exact) mass is 423 g/mol. The summed E-state index contributed by atoms with van der Waals surface area (Å²) < 4.78 is 30.0. The molecule has 7 nitrogen and oxygen atoms in total. The largest absolute Gasteiger partial charge is 0.461 e. The number of ether oxygens (including phenoxy) is 1. The van der Waals surface area contributed by atoms with Gasteiger partial charge in [0, 0.05) is 12.6 Å². The number of thioether (sulfide) groups is 1. The number of carbonyl (C=O) groups excluding carboxylic acids is 1. The molecule has 2 aromatic rings. The van der Waals surface area contributed by atoms with E-state index in [4.69, 9.17) is 4.74 Å². The lowest BCUT2D eigenvalue weighted by Crippen LogP contribution is -2.20. The fourth-order valence-electron chi connectivity index (χ4n) is 3.01. The van der Waals surface area contributed by atoms with Gasteiger partial charge in [-0.2, -0.15) is 0 Å². The molecule has 2 heterocycles. The molecule has 0 radical (unpaired) electrons. The molecule has 0 amide bonds. The number of hydrogen-bond donors (Lipinski definition) is 0. The van der Waals surface area contributed by atoms with Gasteiger partial charge >= 0.3 is 5.97 Å². The first-order valence-electron chi connectivity index (χ1n) is 9.08. The highest BCUT2D eigenvalue weighted by Gasteiger charge is 2.30. The van der Waals surface area contributed by atoms with Gasteiger partial charge in [-0.3, -0.25) is 4.79 Å². The summed E-state index contributed by atoms with van der Waals surface area (Å²) in [4.78, 5) is 12.0. The van der Waals surface area contributed by atoms with Crippen molar-refractivity contribution in [1.82, 2.24) is 14.8 Å². The average Bonchev–Trinajstić information content (AvgIpc) is 3.14. The third-order valence-electron chi connectivity index (χ3n) is 4.65. The number of aromatic nitrogens is 3. The number of nitrogens with zero attached hydrogens (tertiary/aromatic N) is 3. The maximum absolute atomic E-state index is 12.0. The first-order chi connectivity index (χ1) is 13.0. The van der Waals surface area contributed by atoms with Gasteiger partial charge in [-0.1, -0.05) is 56.8 Å². The predicted octanol–water partition coefficient (Wildman–Crippen LogP) is 2.60. The van der Waals surface area contributed by atoms with Gasteiger partial charge in [0.2, 0.25) is 0 Å². The molecule has 0 aliphatic carbocycles. The second kappa shape index (κ2) is 7.87. The second-order valence-electron chi connectivity index (χ2n) is 8.00. The first-order valence-corrected chi connectivity index (χ1v) is 11.9. The summed E-state index contributed by atoms with van der Waals surface area (Å²) in [5.41, 5.74) is 2.27. The maximum Gasteiger partial charge on any atom is 0.316 e. The molecule has 1 aromatic carbocycles. The van der Waals surface area contributed by atoms with E-state index in [2.05, 4.69) is 43.1 Å². The minimum Gasteiger partial charge on any atom is -0.461 e. The Morgan fingerprint density at radius 3 is 2.50 bits per heavy atom. The summed E-state index contributed by atoms with van der Waals surface area (Å²) in [6.07, 6.45) is -0.160. The molecular formula is C19H25N3O4S2. The molecular weight excluding hydrogens is 398 g/mol. The molecule has 1 aliphatic rings. The van der Waals surface area contributed by atoms with Gasteiger partial charge in [-0.15, -0.1) is 10.2 Å². The van der Waals surface area contributed by atoms with Gasteiger partial charge in [0.1, 0.15) is 6.10 Å². The summed E-state index contributed by atoms with van der Waals surface area (Å²) in [6.45, 7) is 6.50. The van der Waals surface area contributed by atoms with Gasteiger partial charge in [-0.05, 0) is 17.4 Å². The van der Waals surface area contributed by atoms with Crippen LogP contribution in [0.5, 0.6) is 0 Å². The third kappa shape index (κ3) is 4.94. The van der Waals surface area contributed by atoms with Crippen LogP contribution in [0.2, 0.25) is 0 Å². The molecule has 1 aliphatic heterocycles. The van der Waals surface area contributed by atoms with Crippen LogP contribution in [0.1, 0.15) is 32.8 Å². The van der Waals surface area contributed by atoms with Crippen molar-refractivity contribution < 1.29 is 17.9 Å². The Morgan fingerprint density at radius 2 is 1.93 bits per heavy atom. The number of carbonyl (C=O) groups is 1. The molecule has 152 valence electrons. The van der Waals surface area contributed by atoms with E-state index in [0.29, 0.717) is 11.6 Å².